The van der Waals surface area contributed by atoms with Crippen LogP contribution in [0.1, 0.15) is 15.9 Å². The lowest BCUT2D eigenvalue weighted by atomic mass is 10.1. The topological polar surface area (TPSA) is 103 Å². The SMILES string of the molecule is CN=C(NCCNS(=O)(=O)c1cccs1)NCCc1cccc(C(=O)N(C)C)c1.I. The molecule has 2 aromatic rings. The monoisotopic (exact) mass is 565 g/mol. The van der Waals surface area contributed by atoms with Crippen molar-refractivity contribution in [3.05, 3.63) is 52.9 Å². The lowest BCUT2D eigenvalue weighted by Crippen LogP contribution is -2.42. The van der Waals surface area contributed by atoms with E-state index in [1.165, 1.54) is 11.3 Å². The van der Waals surface area contributed by atoms with Crippen molar-refractivity contribution in [2.24, 2.45) is 4.99 Å². The predicted molar refractivity (Wildman–Crippen MR) is 132 cm³/mol. The summed E-state index contributed by atoms with van der Waals surface area (Å²) < 4.78 is 27.0. The summed E-state index contributed by atoms with van der Waals surface area (Å²) in [5, 5.41) is 7.98. The van der Waals surface area contributed by atoms with Gasteiger partial charge in [-0.1, -0.05) is 18.2 Å². The number of sulfonamides is 1. The highest BCUT2D eigenvalue weighted by Gasteiger charge is 2.13. The van der Waals surface area contributed by atoms with Gasteiger partial charge in [-0.25, -0.2) is 13.1 Å². The van der Waals surface area contributed by atoms with Crippen molar-refractivity contribution in [3.8, 4) is 0 Å². The number of rotatable bonds is 9. The van der Waals surface area contributed by atoms with Crippen molar-refractivity contribution < 1.29 is 13.2 Å². The van der Waals surface area contributed by atoms with Crippen LogP contribution in [0.15, 0.2) is 51.0 Å². The van der Waals surface area contributed by atoms with Gasteiger partial charge in [0, 0.05) is 46.3 Å². The van der Waals surface area contributed by atoms with E-state index in [0.29, 0.717) is 28.8 Å². The zero-order valence-corrected chi connectivity index (χ0v) is 21.2. The second kappa shape index (κ2) is 12.9. The fourth-order valence-corrected chi connectivity index (χ4v) is 4.59. The summed E-state index contributed by atoms with van der Waals surface area (Å²) in [6, 6.07) is 10.8. The number of guanidine groups is 1. The third kappa shape index (κ3) is 8.20. The highest BCUT2D eigenvalue weighted by molar-refractivity contribution is 14.0. The molecule has 1 amide bonds. The minimum atomic E-state index is -3.45. The Bertz CT molecular complexity index is 931. The Morgan fingerprint density at radius 3 is 2.47 bits per heavy atom. The Labute approximate surface area is 199 Å². The van der Waals surface area contributed by atoms with Gasteiger partial charge >= 0.3 is 0 Å². The van der Waals surface area contributed by atoms with Crippen molar-refractivity contribution in [2.45, 2.75) is 10.6 Å². The standard InChI is InChI=1S/C19H27N5O3S2.HI/c1-20-19(22-11-12-23-29(26,27)17-8-5-13-28-17)21-10-9-15-6-4-7-16(14-15)18(25)24(2)3;/h4-8,13-14,23H,9-12H2,1-3H3,(H2,20,21,22);1H. The molecule has 0 unspecified atom stereocenters. The summed E-state index contributed by atoms with van der Waals surface area (Å²) in [5.41, 5.74) is 1.71. The molecule has 166 valence electrons. The number of hydrogen-bond donors (Lipinski definition) is 3. The van der Waals surface area contributed by atoms with Gasteiger partial charge in [0.15, 0.2) is 5.96 Å². The molecule has 3 N–H and O–H groups in total. The summed E-state index contributed by atoms with van der Waals surface area (Å²) in [6.45, 7) is 1.27. The molecule has 1 heterocycles. The molecule has 0 aliphatic rings. The molecule has 0 radical (unpaired) electrons. The zero-order chi connectivity index (χ0) is 21.3. The van der Waals surface area contributed by atoms with E-state index in [0.717, 1.165) is 12.0 Å². The Hall–Kier alpha value is -1.70. The molecule has 0 aliphatic carbocycles. The molecule has 0 spiro atoms. The van der Waals surface area contributed by atoms with E-state index in [1.54, 1.807) is 49.6 Å². The van der Waals surface area contributed by atoms with Crippen molar-refractivity contribution in [1.29, 1.82) is 0 Å². The smallest absolute Gasteiger partial charge is 0.253 e. The fourth-order valence-electron chi connectivity index (χ4n) is 2.52. The fraction of sp³-hybridized carbons (Fsp3) is 0.368. The maximum Gasteiger partial charge on any atom is 0.253 e. The summed E-state index contributed by atoms with van der Waals surface area (Å²) >= 11 is 1.18. The van der Waals surface area contributed by atoms with E-state index in [9.17, 15) is 13.2 Å². The quantitative estimate of drug-likeness (QED) is 0.186. The third-order valence-electron chi connectivity index (χ3n) is 3.98. The second-order valence-electron chi connectivity index (χ2n) is 6.41. The first kappa shape index (κ1) is 26.3. The van der Waals surface area contributed by atoms with E-state index in [1.807, 2.05) is 18.2 Å². The Morgan fingerprint density at radius 1 is 1.10 bits per heavy atom. The molecule has 8 nitrogen and oxygen atoms in total. The Balaban J connectivity index is 0.00000450. The molecule has 0 saturated heterocycles. The van der Waals surface area contributed by atoms with Crippen LogP contribution in [0.2, 0.25) is 0 Å². The molecule has 30 heavy (non-hydrogen) atoms. The van der Waals surface area contributed by atoms with Crippen LogP contribution in [0, 0.1) is 0 Å². The number of aliphatic imine (C=N–C) groups is 1. The second-order valence-corrected chi connectivity index (χ2v) is 9.35. The van der Waals surface area contributed by atoms with Crippen molar-refractivity contribution >= 4 is 57.2 Å². The number of hydrogen-bond acceptors (Lipinski definition) is 5. The van der Waals surface area contributed by atoms with E-state index >= 15 is 0 Å². The van der Waals surface area contributed by atoms with Gasteiger partial charge in [0.1, 0.15) is 4.21 Å². The molecular formula is C19H28IN5O3S2. The van der Waals surface area contributed by atoms with Gasteiger partial charge in [0.2, 0.25) is 10.0 Å². The predicted octanol–water partition coefficient (Wildman–Crippen LogP) is 1.75. The first-order chi connectivity index (χ1) is 13.8. The summed E-state index contributed by atoms with van der Waals surface area (Å²) in [4.78, 5) is 17.7. The molecule has 11 heteroatoms. The van der Waals surface area contributed by atoms with E-state index in [4.69, 9.17) is 0 Å². The van der Waals surface area contributed by atoms with Gasteiger partial charge in [-0.2, -0.15) is 0 Å². The van der Waals surface area contributed by atoms with Gasteiger partial charge in [-0.15, -0.1) is 35.3 Å². The van der Waals surface area contributed by atoms with E-state index < -0.39 is 10.0 Å². The molecule has 1 aromatic heterocycles. The van der Waals surface area contributed by atoms with Gasteiger partial charge in [0.25, 0.3) is 5.91 Å². The Morgan fingerprint density at radius 2 is 1.83 bits per heavy atom. The number of benzene rings is 1. The van der Waals surface area contributed by atoms with Crippen molar-refractivity contribution in [2.75, 3.05) is 40.8 Å². The molecule has 1 aromatic carbocycles. The van der Waals surface area contributed by atoms with Crippen LogP contribution in [0.25, 0.3) is 0 Å². The minimum Gasteiger partial charge on any atom is -0.356 e. The number of carbonyl (C=O) groups is 1. The number of nitrogens with zero attached hydrogens (tertiary/aromatic N) is 2. The molecule has 0 aliphatic heterocycles. The maximum absolute atomic E-state index is 12.1. The maximum atomic E-state index is 12.1. The highest BCUT2D eigenvalue weighted by atomic mass is 127. The average molecular weight is 566 g/mol. The summed E-state index contributed by atoms with van der Waals surface area (Å²) in [7, 11) is 1.66. The third-order valence-corrected chi connectivity index (χ3v) is 6.84. The molecule has 2 rings (SSSR count). The lowest BCUT2D eigenvalue weighted by Gasteiger charge is -2.13. The zero-order valence-electron chi connectivity index (χ0n) is 17.2. The number of amides is 1. The summed E-state index contributed by atoms with van der Waals surface area (Å²) in [5.74, 6) is 0.558. The average Bonchev–Trinajstić information content (AvgIpc) is 3.25. The lowest BCUT2D eigenvalue weighted by molar-refractivity contribution is 0.0827. The molecule has 0 atom stereocenters. The highest BCUT2D eigenvalue weighted by Crippen LogP contribution is 2.14. The number of thiophene rings is 1. The molecular weight excluding hydrogens is 537 g/mol. The van der Waals surface area contributed by atoms with Crippen LogP contribution < -0.4 is 15.4 Å². The van der Waals surface area contributed by atoms with Crippen LogP contribution in [0.4, 0.5) is 0 Å². The first-order valence-electron chi connectivity index (χ1n) is 9.12. The van der Waals surface area contributed by atoms with Gasteiger partial charge in [-0.05, 0) is 35.6 Å². The molecule has 0 saturated carbocycles. The molecule has 0 bridgehead atoms. The Kier molecular flexibility index (Phi) is 11.3. The van der Waals surface area contributed by atoms with Gasteiger partial charge in [-0.3, -0.25) is 9.79 Å². The van der Waals surface area contributed by atoms with Crippen LogP contribution in [-0.2, 0) is 16.4 Å². The minimum absolute atomic E-state index is 0. The van der Waals surface area contributed by atoms with Gasteiger partial charge < -0.3 is 15.5 Å². The first-order valence-corrected chi connectivity index (χ1v) is 11.5. The number of carbonyl (C=O) groups excluding carboxylic acids is 1. The van der Waals surface area contributed by atoms with E-state index in [2.05, 4.69) is 20.3 Å². The van der Waals surface area contributed by atoms with Crippen molar-refractivity contribution in [1.82, 2.24) is 20.3 Å². The summed E-state index contributed by atoms with van der Waals surface area (Å²) in [6.07, 6.45) is 0.722. The number of nitrogens with one attached hydrogen (secondary N) is 3. The van der Waals surface area contributed by atoms with Crippen LogP contribution in [0.3, 0.4) is 0 Å². The van der Waals surface area contributed by atoms with E-state index in [-0.39, 0.29) is 36.4 Å². The number of halogens is 1. The van der Waals surface area contributed by atoms with Crippen molar-refractivity contribution in [3.63, 3.8) is 0 Å². The largest absolute Gasteiger partial charge is 0.356 e. The van der Waals surface area contributed by atoms with Crippen LogP contribution in [0.5, 0.6) is 0 Å². The van der Waals surface area contributed by atoms with Crippen LogP contribution in [-0.4, -0.2) is 66.0 Å². The van der Waals surface area contributed by atoms with Gasteiger partial charge in [0.05, 0.1) is 0 Å². The normalized spacial score (nSPS) is 11.5. The van der Waals surface area contributed by atoms with Crippen LogP contribution >= 0.6 is 35.3 Å². The molecule has 0 fully saturated rings.